The normalized spacial score (nSPS) is 12.4. The molecule has 0 aliphatic carbocycles. The lowest BCUT2D eigenvalue weighted by molar-refractivity contribution is 0.517. The van der Waals surface area contributed by atoms with E-state index in [1.165, 1.54) is 5.56 Å². The first-order valence-electron chi connectivity index (χ1n) is 6.84. The number of hydrogen-bond donors (Lipinski definition) is 1. The van der Waals surface area contributed by atoms with Crippen LogP contribution in [0.3, 0.4) is 0 Å². The second-order valence-corrected chi connectivity index (χ2v) is 5.41. The summed E-state index contributed by atoms with van der Waals surface area (Å²) >= 11 is 5.90. The van der Waals surface area contributed by atoms with E-state index in [0.29, 0.717) is 12.1 Å². The molecule has 0 aliphatic heterocycles. The number of benzene rings is 2. The topological polar surface area (TPSA) is 12.0 Å². The maximum absolute atomic E-state index is 13.5. The highest BCUT2D eigenvalue weighted by Gasteiger charge is 2.09. The van der Waals surface area contributed by atoms with Crippen molar-refractivity contribution in [1.29, 1.82) is 0 Å². The lowest BCUT2D eigenvalue weighted by Gasteiger charge is -2.18. The van der Waals surface area contributed by atoms with Crippen LogP contribution in [0.2, 0.25) is 5.02 Å². The van der Waals surface area contributed by atoms with Crippen LogP contribution in [-0.2, 0) is 6.54 Å². The van der Waals surface area contributed by atoms with Gasteiger partial charge in [-0.3, -0.25) is 0 Å². The highest BCUT2D eigenvalue weighted by molar-refractivity contribution is 6.30. The third kappa shape index (κ3) is 3.81. The third-order valence-electron chi connectivity index (χ3n) is 3.47. The molecule has 1 atom stereocenters. The quantitative estimate of drug-likeness (QED) is 0.815. The van der Waals surface area contributed by atoms with E-state index in [1.807, 2.05) is 36.4 Å². The molecule has 0 spiro atoms. The van der Waals surface area contributed by atoms with E-state index in [0.717, 1.165) is 17.0 Å². The molecule has 0 bridgehead atoms. The predicted molar refractivity (Wildman–Crippen MR) is 82.5 cm³/mol. The van der Waals surface area contributed by atoms with Crippen LogP contribution >= 0.6 is 11.6 Å². The molecule has 1 N–H and O–H groups in total. The number of aryl methyl sites for hydroxylation is 1. The Hall–Kier alpha value is -1.38. The van der Waals surface area contributed by atoms with Crippen molar-refractivity contribution >= 4 is 11.6 Å². The van der Waals surface area contributed by atoms with Gasteiger partial charge in [0.2, 0.25) is 0 Å². The number of hydrogen-bond acceptors (Lipinski definition) is 1. The molecule has 0 saturated carbocycles. The van der Waals surface area contributed by atoms with Crippen LogP contribution < -0.4 is 5.32 Å². The van der Waals surface area contributed by atoms with Gasteiger partial charge in [0.25, 0.3) is 0 Å². The van der Waals surface area contributed by atoms with Gasteiger partial charge in [0.15, 0.2) is 0 Å². The summed E-state index contributed by atoms with van der Waals surface area (Å²) in [6.07, 6.45) is 0.968. The van der Waals surface area contributed by atoms with Crippen LogP contribution in [0, 0.1) is 12.7 Å². The molecule has 0 aliphatic rings. The third-order valence-corrected chi connectivity index (χ3v) is 3.72. The molecule has 2 rings (SSSR count). The molecule has 0 amide bonds. The summed E-state index contributed by atoms with van der Waals surface area (Å²) in [5, 5.41) is 4.20. The van der Waals surface area contributed by atoms with Crippen molar-refractivity contribution in [2.45, 2.75) is 32.9 Å². The van der Waals surface area contributed by atoms with Crippen LogP contribution in [0.5, 0.6) is 0 Å². The molecule has 106 valence electrons. The second kappa shape index (κ2) is 6.87. The van der Waals surface area contributed by atoms with Crippen LogP contribution in [0.25, 0.3) is 0 Å². The van der Waals surface area contributed by atoms with Gasteiger partial charge in [0.05, 0.1) is 0 Å². The zero-order valence-corrected chi connectivity index (χ0v) is 12.5. The van der Waals surface area contributed by atoms with Gasteiger partial charge in [-0.15, -0.1) is 0 Å². The van der Waals surface area contributed by atoms with E-state index >= 15 is 0 Å². The molecular formula is C17H19ClFN. The van der Waals surface area contributed by atoms with Crippen molar-refractivity contribution < 1.29 is 4.39 Å². The molecule has 1 unspecified atom stereocenters. The van der Waals surface area contributed by atoms with Gasteiger partial charge in [0.1, 0.15) is 5.82 Å². The van der Waals surface area contributed by atoms with Gasteiger partial charge >= 0.3 is 0 Å². The molecule has 0 radical (unpaired) electrons. The molecule has 0 heterocycles. The fourth-order valence-corrected chi connectivity index (χ4v) is 2.31. The van der Waals surface area contributed by atoms with Gasteiger partial charge in [-0.2, -0.15) is 0 Å². The lowest BCUT2D eigenvalue weighted by atomic mass is 10.0. The van der Waals surface area contributed by atoms with E-state index in [9.17, 15) is 4.39 Å². The van der Waals surface area contributed by atoms with Crippen LogP contribution in [0.15, 0.2) is 42.5 Å². The standard InChI is InChI=1S/C17H19ClFN/c1-3-17(14-6-8-15(18)9-7-14)20-11-13-5-4-12(2)16(19)10-13/h4-10,17,20H,3,11H2,1-2H3. The van der Waals surface area contributed by atoms with Gasteiger partial charge in [0, 0.05) is 17.6 Å². The Labute approximate surface area is 124 Å². The molecule has 2 aromatic rings. The predicted octanol–water partition coefficient (Wildman–Crippen LogP) is 5.03. The first-order chi connectivity index (χ1) is 9.60. The fourth-order valence-electron chi connectivity index (χ4n) is 2.18. The molecule has 3 heteroatoms. The summed E-state index contributed by atoms with van der Waals surface area (Å²) in [6.45, 7) is 4.55. The van der Waals surface area contributed by atoms with Crippen molar-refractivity contribution in [3.05, 3.63) is 70.0 Å². The number of nitrogens with one attached hydrogen (secondary N) is 1. The molecular weight excluding hydrogens is 273 g/mol. The molecule has 0 aromatic heterocycles. The van der Waals surface area contributed by atoms with Gasteiger partial charge in [-0.25, -0.2) is 4.39 Å². The zero-order chi connectivity index (χ0) is 14.5. The summed E-state index contributed by atoms with van der Waals surface area (Å²) in [5.74, 6) is -0.149. The van der Waals surface area contributed by atoms with Crippen molar-refractivity contribution in [3.63, 3.8) is 0 Å². The zero-order valence-electron chi connectivity index (χ0n) is 11.8. The average molecular weight is 292 g/mol. The van der Waals surface area contributed by atoms with Crippen LogP contribution in [0.4, 0.5) is 4.39 Å². The molecule has 2 aromatic carbocycles. The summed E-state index contributed by atoms with van der Waals surface area (Å²) < 4.78 is 13.5. The summed E-state index contributed by atoms with van der Waals surface area (Å²) in [7, 11) is 0. The minimum atomic E-state index is -0.149. The maximum Gasteiger partial charge on any atom is 0.126 e. The molecule has 0 saturated heterocycles. The Morgan fingerprint density at radius 1 is 1.15 bits per heavy atom. The smallest absolute Gasteiger partial charge is 0.126 e. The first-order valence-corrected chi connectivity index (χ1v) is 7.22. The Morgan fingerprint density at radius 2 is 1.85 bits per heavy atom. The average Bonchev–Trinajstić information content (AvgIpc) is 2.45. The monoisotopic (exact) mass is 291 g/mol. The lowest BCUT2D eigenvalue weighted by Crippen LogP contribution is -2.20. The van der Waals surface area contributed by atoms with Gasteiger partial charge in [-0.05, 0) is 48.2 Å². The largest absolute Gasteiger partial charge is 0.306 e. The Bertz CT molecular complexity index is 566. The van der Waals surface area contributed by atoms with Crippen molar-refractivity contribution in [2.75, 3.05) is 0 Å². The minimum absolute atomic E-state index is 0.149. The Balaban J connectivity index is 2.03. The van der Waals surface area contributed by atoms with E-state index in [-0.39, 0.29) is 11.9 Å². The van der Waals surface area contributed by atoms with Gasteiger partial charge < -0.3 is 5.32 Å². The number of rotatable bonds is 5. The summed E-state index contributed by atoms with van der Waals surface area (Å²) in [6, 6.07) is 13.5. The van der Waals surface area contributed by atoms with Crippen molar-refractivity contribution in [2.24, 2.45) is 0 Å². The van der Waals surface area contributed by atoms with E-state index in [4.69, 9.17) is 11.6 Å². The first kappa shape index (κ1) is 15.0. The van der Waals surface area contributed by atoms with E-state index in [2.05, 4.69) is 12.2 Å². The fraction of sp³-hybridized carbons (Fsp3) is 0.294. The molecule has 20 heavy (non-hydrogen) atoms. The summed E-state index contributed by atoms with van der Waals surface area (Å²) in [5.41, 5.74) is 2.84. The Morgan fingerprint density at radius 3 is 2.45 bits per heavy atom. The second-order valence-electron chi connectivity index (χ2n) is 4.98. The van der Waals surface area contributed by atoms with E-state index in [1.54, 1.807) is 13.0 Å². The Kier molecular flexibility index (Phi) is 5.16. The molecule has 0 fully saturated rings. The van der Waals surface area contributed by atoms with Crippen LogP contribution in [0.1, 0.15) is 36.1 Å². The SMILES string of the molecule is CCC(NCc1ccc(C)c(F)c1)c1ccc(Cl)cc1. The minimum Gasteiger partial charge on any atom is -0.306 e. The van der Waals surface area contributed by atoms with Gasteiger partial charge in [-0.1, -0.05) is 42.8 Å². The van der Waals surface area contributed by atoms with Crippen molar-refractivity contribution in [1.82, 2.24) is 5.32 Å². The number of halogens is 2. The highest BCUT2D eigenvalue weighted by Crippen LogP contribution is 2.20. The van der Waals surface area contributed by atoms with E-state index < -0.39 is 0 Å². The maximum atomic E-state index is 13.5. The van der Waals surface area contributed by atoms with Crippen LogP contribution in [-0.4, -0.2) is 0 Å². The highest BCUT2D eigenvalue weighted by atomic mass is 35.5. The van der Waals surface area contributed by atoms with Crippen molar-refractivity contribution in [3.8, 4) is 0 Å². The molecule has 1 nitrogen and oxygen atoms in total. The summed E-state index contributed by atoms with van der Waals surface area (Å²) in [4.78, 5) is 0.